The van der Waals surface area contributed by atoms with Gasteiger partial charge in [-0.3, -0.25) is 9.59 Å². The molecule has 12 nitrogen and oxygen atoms in total. The number of benzene rings is 2. The number of phenols is 1. The van der Waals surface area contributed by atoms with Crippen LogP contribution in [0.1, 0.15) is 55.4 Å². The van der Waals surface area contributed by atoms with Crippen molar-refractivity contribution in [3.8, 4) is 11.5 Å². The topological polar surface area (TPSA) is 169 Å². The van der Waals surface area contributed by atoms with E-state index in [1.807, 2.05) is 13.1 Å². The SMILES string of the molecule is C[C@H](OC(=O)[C@@H](OC(=O)CCC(=O)OC1=CC[C@@]2(O)[C@@H]3Cc4ccc(O)c5c4[C@@]2(CCN3C)[C@H]1O5)c1ccccc1)C(=O)O. The first-order chi connectivity index (χ1) is 21.0. The molecule has 0 aromatic heterocycles. The minimum atomic E-state index is -1.53. The lowest BCUT2D eigenvalue weighted by atomic mass is 9.50. The molecule has 3 N–H and O–H groups in total. The molecule has 12 heteroatoms. The van der Waals surface area contributed by atoms with E-state index in [2.05, 4.69) is 4.90 Å². The van der Waals surface area contributed by atoms with Crippen LogP contribution in [0.25, 0.3) is 0 Å². The molecule has 6 atom stereocenters. The number of rotatable bonds is 9. The number of phenolic OH excluding ortho intramolecular Hbond substituents is 1. The summed E-state index contributed by atoms with van der Waals surface area (Å²) in [6.45, 7) is 1.85. The van der Waals surface area contributed by atoms with E-state index in [1.54, 1.807) is 30.3 Å². The minimum absolute atomic E-state index is 0.0510. The second-order valence-electron chi connectivity index (χ2n) is 11.8. The Morgan fingerprint density at radius 3 is 2.52 bits per heavy atom. The van der Waals surface area contributed by atoms with Crippen molar-refractivity contribution in [1.29, 1.82) is 0 Å². The van der Waals surface area contributed by atoms with Crippen molar-refractivity contribution in [1.82, 2.24) is 4.90 Å². The molecule has 2 heterocycles. The number of hydrogen-bond donors (Lipinski definition) is 3. The molecule has 232 valence electrons. The smallest absolute Gasteiger partial charge is 0.353 e. The van der Waals surface area contributed by atoms with Crippen LogP contribution in [0.4, 0.5) is 0 Å². The molecule has 0 saturated carbocycles. The van der Waals surface area contributed by atoms with Crippen molar-refractivity contribution in [2.45, 2.75) is 74.4 Å². The van der Waals surface area contributed by atoms with Gasteiger partial charge in [0.25, 0.3) is 0 Å². The highest BCUT2D eigenvalue weighted by molar-refractivity contribution is 5.84. The van der Waals surface area contributed by atoms with Crippen LogP contribution in [0, 0.1) is 0 Å². The first kappa shape index (κ1) is 29.6. The van der Waals surface area contributed by atoms with Crippen LogP contribution in [-0.2, 0) is 45.2 Å². The fraction of sp³-hybridized carbons (Fsp3) is 0.438. The number of carboxylic acid groups (broad SMARTS) is 1. The van der Waals surface area contributed by atoms with Crippen LogP contribution in [-0.4, -0.2) is 81.5 Å². The lowest BCUT2D eigenvalue weighted by molar-refractivity contribution is -0.177. The lowest BCUT2D eigenvalue weighted by Crippen LogP contribution is -2.74. The van der Waals surface area contributed by atoms with Gasteiger partial charge < -0.3 is 39.2 Å². The predicted molar refractivity (Wildman–Crippen MR) is 150 cm³/mol. The number of likely N-dealkylation sites (N-methyl/N-ethyl adjacent to an activating group) is 1. The molecule has 4 aliphatic rings. The first-order valence-electron chi connectivity index (χ1n) is 14.5. The highest BCUT2D eigenvalue weighted by Crippen LogP contribution is 2.65. The molecule has 0 radical (unpaired) electrons. The van der Waals surface area contributed by atoms with Gasteiger partial charge in [-0.05, 0) is 51.1 Å². The first-order valence-corrected chi connectivity index (χ1v) is 14.5. The molecule has 1 saturated heterocycles. The van der Waals surface area contributed by atoms with E-state index in [-0.39, 0.29) is 35.3 Å². The van der Waals surface area contributed by atoms with Crippen molar-refractivity contribution in [3.05, 3.63) is 71.0 Å². The maximum absolute atomic E-state index is 13.0. The Kier molecular flexibility index (Phi) is 7.37. The van der Waals surface area contributed by atoms with Gasteiger partial charge in [-0.15, -0.1) is 0 Å². The number of carbonyl (C=O) groups is 4. The molecule has 2 aliphatic heterocycles. The molecule has 1 spiro atoms. The van der Waals surface area contributed by atoms with Crippen LogP contribution in [0.3, 0.4) is 0 Å². The number of carboxylic acids is 1. The molecule has 2 aliphatic carbocycles. The number of piperidine rings is 1. The third-order valence-electron chi connectivity index (χ3n) is 9.32. The molecule has 2 bridgehead atoms. The van der Waals surface area contributed by atoms with Crippen molar-refractivity contribution >= 4 is 23.9 Å². The summed E-state index contributed by atoms with van der Waals surface area (Å²) in [5, 5.41) is 31.9. The molecule has 0 unspecified atom stereocenters. The van der Waals surface area contributed by atoms with E-state index in [0.29, 0.717) is 19.4 Å². The second kappa shape index (κ2) is 10.9. The van der Waals surface area contributed by atoms with Crippen LogP contribution in [0.5, 0.6) is 11.5 Å². The van der Waals surface area contributed by atoms with E-state index >= 15 is 0 Å². The lowest BCUT2D eigenvalue weighted by Gasteiger charge is -2.61. The monoisotopic (exact) mass is 607 g/mol. The number of hydrogen-bond acceptors (Lipinski definition) is 11. The summed E-state index contributed by atoms with van der Waals surface area (Å²) >= 11 is 0. The number of likely N-dealkylation sites (tertiary alicyclic amines) is 1. The zero-order chi connectivity index (χ0) is 31.4. The summed E-state index contributed by atoms with van der Waals surface area (Å²) in [6.07, 6.45) is -1.73. The second-order valence-corrected chi connectivity index (χ2v) is 11.8. The number of ether oxygens (including phenoxy) is 4. The number of aromatic hydroxyl groups is 1. The van der Waals surface area contributed by atoms with Crippen LogP contribution < -0.4 is 4.74 Å². The van der Waals surface area contributed by atoms with Gasteiger partial charge in [0.2, 0.25) is 6.10 Å². The van der Waals surface area contributed by atoms with E-state index in [0.717, 1.165) is 11.1 Å². The summed E-state index contributed by atoms with van der Waals surface area (Å²) in [7, 11) is 1.97. The fourth-order valence-electron chi connectivity index (χ4n) is 7.18. The average Bonchev–Trinajstić information content (AvgIpc) is 3.36. The minimum Gasteiger partial charge on any atom is -0.504 e. The van der Waals surface area contributed by atoms with E-state index in [1.165, 1.54) is 19.1 Å². The van der Waals surface area contributed by atoms with Crippen molar-refractivity contribution < 1.29 is 53.4 Å². The van der Waals surface area contributed by atoms with Gasteiger partial charge in [-0.1, -0.05) is 36.4 Å². The Labute approximate surface area is 252 Å². The van der Waals surface area contributed by atoms with Crippen LogP contribution >= 0.6 is 0 Å². The van der Waals surface area contributed by atoms with Gasteiger partial charge in [0.05, 0.1) is 23.9 Å². The number of aliphatic carboxylic acids is 1. The maximum Gasteiger partial charge on any atom is 0.353 e. The Morgan fingerprint density at radius 2 is 1.80 bits per heavy atom. The van der Waals surface area contributed by atoms with Crippen LogP contribution in [0.2, 0.25) is 0 Å². The quantitative estimate of drug-likeness (QED) is 0.281. The third-order valence-corrected chi connectivity index (χ3v) is 9.32. The summed E-state index contributed by atoms with van der Waals surface area (Å²) in [5.41, 5.74) is -0.132. The molecule has 0 amide bonds. The zero-order valence-corrected chi connectivity index (χ0v) is 24.2. The molecule has 1 fully saturated rings. The average molecular weight is 608 g/mol. The van der Waals surface area contributed by atoms with Gasteiger partial charge in [-0.25, -0.2) is 9.59 Å². The van der Waals surface area contributed by atoms with E-state index in [4.69, 9.17) is 24.1 Å². The van der Waals surface area contributed by atoms with Gasteiger partial charge in [0.1, 0.15) is 5.76 Å². The van der Waals surface area contributed by atoms with E-state index in [9.17, 15) is 29.4 Å². The highest BCUT2D eigenvalue weighted by atomic mass is 16.6. The number of esters is 3. The normalized spacial score (nSPS) is 27.6. The molecule has 2 aromatic carbocycles. The molecular weight excluding hydrogens is 574 g/mol. The summed E-state index contributed by atoms with van der Waals surface area (Å²) < 4.78 is 22.3. The Bertz CT molecular complexity index is 1550. The van der Waals surface area contributed by atoms with Gasteiger partial charge in [-0.2, -0.15) is 0 Å². The zero-order valence-electron chi connectivity index (χ0n) is 24.2. The standard InChI is InChI=1S/C32H33NO11/c1-17(29(37)38)41-30(39)26(18-6-4-3-5-7-18)43-24(36)11-10-23(35)42-21-12-13-32(40)22-16-19-8-9-20(34)27-25(19)31(32,28(21)44-27)14-15-33(22)2/h3-9,12,17,22,26,28,34,40H,10-11,13-16H2,1-2H3,(H,37,38)/t17-,22-,26-,28-,31-,32+/m0/s1. The number of carbonyl (C=O) groups excluding carboxylic acids is 3. The largest absolute Gasteiger partial charge is 0.504 e. The summed E-state index contributed by atoms with van der Waals surface area (Å²) in [6, 6.07) is 11.2. The van der Waals surface area contributed by atoms with Gasteiger partial charge in [0.15, 0.2) is 23.7 Å². The number of aliphatic hydroxyl groups is 1. The Morgan fingerprint density at radius 1 is 1.07 bits per heavy atom. The molecule has 2 aromatic rings. The Hall–Kier alpha value is -4.42. The van der Waals surface area contributed by atoms with Crippen molar-refractivity contribution in [2.75, 3.05) is 13.6 Å². The Balaban J connectivity index is 1.16. The maximum atomic E-state index is 13.0. The third kappa shape index (κ3) is 4.60. The van der Waals surface area contributed by atoms with Crippen molar-refractivity contribution in [2.24, 2.45) is 0 Å². The molecule has 44 heavy (non-hydrogen) atoms. The molecule has 6 rings (SSSR count). The fourth-order valence-corrected chi connectivity index (χ4v) is 7.18. The van der Waals surface area contributed by atoms with Crippen LogP contribution in [0.15, 0.2) is 54.3 Å². The molecular formula is C32H33NO11. The number of nitrogens with zero attached hydrogens (tertiary/aromatic N) is 1. The van der Waals surface area contributed by atoms with Crippen molar-refractivity contribution in [3.63, 3.8) is 0 Å². The predicted octanol–water partition coefficient (Wildman–Crippen LogP) is 2.29. The van der Waals surface area contributed by atoms with Gasteiger partial charge >= 0.3 is 23.9 Å². The van der Waals surface area contributed by atoms with Gasteiger partial charge in [0, 0.05) is 23.6 Å². The van der Waals surface area contributed by atoms with E-state index < -0.39 is 66.0 Å². The summed E-state index contributed by atoms with van der Waals surface area (Å²) in [4.78, 5) is 51.8. The summed E-state index contributed by atoms with van der Waals surface area (Å²) in [5.74, 6) is -3.64. The highest BCUT2D eigenvalue weighted by Gasteiger charge is 2.72.